The van der Waals surface area contributed by atoms with Gasteiger partial charge in [-0.05, 0) is 142 Å². The van der Waals surface area contributed by atoms with Crippen molar-refractivity contribution in [1.29, 1.82) is 0 Å². The molecule has 0 aliphatic heterocycles. The van der Waals surface area contributed by atoms with Gasteiger partial charge in [0.1, 0.15) is 0 Å². The number of hydrogen-bond acceptors (Lipinski definition) is 2. The quantitative estimate of drug-likeness (QED) is 0.166. The van der Waals surface area contributed by atoms with E-state index in [4.69, 9.17) is 0 Å². The van der Waals surface area contributed by atoms with Gasteiger partial charge in [-0.1, -0.05) is 103 Å². The fraction of sp³-hybridized carbons (Fsp3) is 0.0833. The summed E-state index contributed by atoms with van der Waals surface area (Å²) in [6.07, 6.45) is 0. The first-order valence-electron chi connectivity index (χ1n) is 17.3. The predicted molar refractivity (Wildman–Crippen MR) is 219 cm³/mol. The molecule has 0 amide bonds. The number of nitrogens with zero attached hydrogens (tertiary/aromatic N) is 1. The van der Waals surface area contributed by atoms with E-state index >= 15 is 0 Å². The Labute approximate surface area is 297 Å². The van der Waals surface area contributed by atoms with E-state index in [1.54, 1.807) is 0 Å². The first-order valence-corrected chi connectivity index (χ1v) is 18.2. The summed E-state index contributed by atoms with van der Waals surface area (Å²) in [5.41, 5.74) is 13.8. The second kappa shape index (κ2) is 12.0. The second-order valence-electron chi connectivity index (χ2n) is 13.6. The van der Waals surface area contributed by atoms with Crippen LogP contribution < -0.4 is 4.90 Å². The molecule has 1 nitrogen and oxygen atoms in total. The smallest absolute Gasteiger partial charge is 0.0468 e. The number of benzene rings is 8. The SMILES string of the molecule is Cc1cc2c(-c3ccccc3)c3cc(C)c(C)cc3c(-c3ccc(N(c4ccccc4)c4ccc5sc6ccccc6c5c4)cc3)c2cc1C. The summed E-state index contributed by atoms with van der Waals surface area (Å²) in [5.74, 6) is 0. The molecular formula is C48H37NS. The molecule has 0 atom stereocenters. The van der Waals surface area contributed by atoms with Crippen molar-refractivity contribution < 1.29 is 0 Å². The molecule has 0 saturated heterocycles. The van der Waals surface area contributed by atoms with Crippen molar-refractivity contribution >= 4 is 70.1 Å². The number of hydrogen-bond donors (Lipinski definition) is 0. The molecular weight excluding hydrogens is 623 g/mol. The monoisotopic (exact) mass is 659 g/mol. The lowest BCUT2D eigenvalue weighted by Gasteiger charge is -2.26. The van der Waals surface area contributed by atoms with Crippen molar-refractivity contribution in [1.82, 2.24) is 0 Å². The third-order valence-electron chi connectivity index (χ3n) is 10.5. The zero-order valence-corrected chi connectivity index (χ0v) is 29.6. The maximum atomic E-state index is 2.41. The summed E-state index contributed by atoms with van der Waals surface area (Å²) >= 11 is 1.86. The zero-order chi connectivity index (χ0) is 33.9. The Bertz CT molecular complexity index is 2650. The molecule has 0 aliphatic rings. The van der Waals surface area contributed by atoms with Gasteiger partial charge in [0.2, 0.25) is 0 Å². The number of thiophene rings is 1. The summed E-state index contributed by atoms with van der Waals surface area (Å²) in [6, 6.07) is 56.1. The van der Waals surface area contributed by atoms with Crippen LogP contribution in [0.15, 0.2) is 152 Å². The molecule has 0 aliphatic carbocycles. The van der Waals surface area contributed by atoms with Crippen LogP contribution >= 0.6 is 11.3 Å². The maximum absolute atomic E-state index is 2.41. The highest BCUT2D eigenvalue weighted by atomic mass is 32.1. The van der Waals surface area contributed by atoms with Crippen molar-refractivity contribution in [3.8, 4) is 22.3 Å². The molecule has 1 heterocycles. The van der Waals surface area contributed by atoms with Gasteiger partial charge >= 0.3 is 0 Å². The minimum Gasteiger partial charge on any atom is -0.310 e. The molecule has 240 valence electrons. The lowest BCUT2D eigenvalue weighted by molar-refractivity contribution is 1.29. The Kier molecular flexibility index (Phi) is 7.30. The average Bonchev–Trinajstić information content (AvgIpc) is 3.52. The van der Waals surface area contributed by atoms with E-state index in [0.717, 1.165) is 17.1 Å². The van der Waals surface area contributed by atoms with E-state index in [0.29, 0.717) is 0 Å². The predicted octanol–water partition coefficient (Wildman–Crippen LogP) is 14.4. The van der Waals surface area contributed by atoms with E-state index in [2.05, 4.69) is 184 Å². The zero-order valence-electron chi connectivity index (χ0n) is 28.8. The number of anilines is 3. The van der Waals surface area contributed by atoms with Crippen molar-refractivity contribution in [2.24, 2.45) is 0 Å². The van der Waals surface area contributed by atoms with Crippen LogP contribution in [0.3, 0.4) is 0 Å². The van der Waals surface area contributed by atoms with Gasteiger partial charge < -0.3 is 4.90 Å². The Balaban J connectivity index is 1.27. The topological polar surface area (TPSA) is 3.24 Å². The third-order valence-corrected chi connectivity index (χ3v) is 11.6. The first kappa shape index (κ1) is 30.4. The van der Waals surface area contributed by atoms with E-state index in [1.165, 1.54) is 86.2 Å². The van der Waals surface area contributed by atoms with Crippen LogP contribution in [-0.2, 0) is 0 Å². The van der Waals surface area contributed by atoms with Crippen LogP contribution in [0.4, 0.5) is 17.1 Å². The van der Waals surface area contributed by atoms with Crippen molar-refractivity contribution in [2.45, 2.75) is 27.7 Å². The van der Waals surface area contributed by atoms with Crippen LogP contribution in [0.5, 0.6) is 0 Å². The molecule has 0 spiro atoms. The van der Waals surface area contributed by atoms with Crippen LogP contribution in [0.25, 0.3) is 64.0 Å². The van der Waals surface area contributed by atoms with Gasteiger partial charge in [0.05, 0.1) is 0 Å². The summed E-state index contributed by atoms with van der Waals surface area (Å²) in [6.45, 7) is 8.94. The lowest BCUT2D eigenvalue weighted by atomic mass is 9.83. The molecule has 9 aromatic rings. The maximum Gasteiger partial charge on any atom is 0.0468 e. The number of para-hydroxylation sites is 1. The molecule has 9 rings (SSSR count). The summed E-state index contributed by atoms with van der Waals surface area (Å²) in [4.78, 5) is 2.38. The van der Waals surface area contributed by atoms with Crippen LogP contribution in [0.2, 0.25) is 0 Å². The minimum absolute atomic E-state index is 1.13. The molecule has 1 aromatic heterocycles. The first-order chi connectivity index (χ1) is 24.4. The average molecular weight is 660 g/mol. The van der Waals surface area contributed by atoms with Crippen LogP contribution in [0, 0.1) is 27.7 Å². The summed E-state index contributed by atoms with van der Waals surface area (Å²) in [5, 5.41) is 7.81. The Morgan fingerprint density at radius 3 is 1.36 bits per heavy atom. The molecule has 0 unspecified atom stereocenters. The number of rotatable bonds is 5. The Morgan fingerprint density at radius 1 is 0.340 bits per heavy atom. The molecule has 50 heavy (non-hydrogen) atoms. The summed E-state index contributed by atoms with van der Waals surface area (Å²) < 4.78 is 2.64. The fourth-order valence-electron chi connectivity index (χ4n) is 7.63. The lowest BCUT2D eigenvalue weighted by Crippen LogP contribution is -2.09. The molecule has 8 aromatic carbocycles. The molecule has 0 N–H and O–H groups in total. The van der Waals surface area contributed by atoms with Gasteiger partial charge in [-0.3, -0.25) is 0 Å². The van der Waals surface area contributed by atoms with Crippen LogP contribution in [0.1, 0.15) is 22.3 Å². The highest BCUT2D eigenvalue weighted by Crippen LogP contribution is 2.46. The molecule has 0 fully saturated rings. The van der Waals surface area contributed by atoms with Crippen molar-refractivity contribution in [2.75, 3.05) is 4.90 Å². The molecule has 0 radical (unpaired) electrons. The molecule has 0 bridgehead atoms. The highest BCUT2D eigenvalue weighted by Gasteiger charge is 2.20. The number of aryl methyl sites for hydroxylation is 4. The largest absolute Gasteiger partial charge is 0.310 e. The van der Waals surface area contributed by atoms with Crippen molar-refractivity contribution in [3.05, 3.63) is 174 Å². The van der Waals surface area contributed by atoms with Gasteiger partial charge in [0, 0.05) is 37.2 Å². The highest BCUT2D eigenvalue weighted by molar-refractivity contribution is 7.25. The van der Waals surface area contributed by atoms with Gasteiger partial charge in [-0.2, -0.15) is 0 Å². The molecule has 0 saturated carbocycles. The Hall–Kier alpha value is -5.70. The molecule has 2 heteroatoms. The third kappa shape index (κ3) is 4.99. The van der Waals surface area contributed by atoms with Gasteiger partial charge in [-0.25, -0.2) is 0 Å². The van der Waals surface area contributed by atoms with Crippen LogP contribution in [-0.4, -0.2) is 0 Å². The normalized spacial score (nSPS) is 11.6. The van der Waals surface area contributed by atoms with Gasteiger partial charge in [0.15, 0.2) is 0 Å². The summed E-state index contributed by atoms with van der Waals surface area (Å²) in [7, 11) is 0. The van der Waals surface area contributed by atoms with Gasteiger partial charge in [0.25, 0.3) is 0 Å². The number of fused-ring (bicyclic) bond motifs is 5. The Morgan fingerprint density at radius 2 is 0.780 bits per heavy atom. The van der Waals surface area contributed by atoms with E-state index in [9.17, 15) is 0 Å². The van der Waals surface area contributed by atoms with E-state index < -0.39 is 0 Å². The standard InChI is InChI=1S/C48H37NS/c1-30-25-41-43(27-32(30)3)48(44-28-33(4)31(2)26-42(44)47(41)34-13-7-5-8-14-34)35-19-21-37(22-20-35)49(36-15-9-6-10-16-36)38-23-24-46-40(29-38)39-17-11-12-18-45(39)50-46/h5-29H,1-4H3. The van der Waals surface area contributed by atoms with E-state index in [1.807, 2.05) is 11.3 Å². The minimum atomic E-state index is 1.13. The van der Waals surface area contributed by atoms with Gasteiger partial charge in [-0.15, -0.1) is 11.3 Å². The van der Waals surface area contributed by atoms with Crippen molar-refractivity contribution in [3.63, 3.8) is 0 Å². The fourth-order valence-corrected chi connectivity index (χ4v) is 8.72. The second-order valence-corrected chi connectivity index (χ2v) is 14.7. The van der Waals surface area contributed by atoms with E-state index in [-0.39, 0.29) is 0 Å².